The van der Waals surface area contributed by atoms with Crippen LogP contribution >= 0.6 is 11.3 Å². The van der Waals surface area contributed by atoms with Gasteiger partial charge in [0.2, 0.25) is 0 Å². The summed E-state index contributed by atoms with van der Waals surface area (Å²) in [5.41, 5.74) is 8.22. The molecule has 0 aliphatic heterocycles. The summed E-state index contributed by atoms with van der Waals surface area (Å²) in [6.07, 6.45) is 1.05. The lowest BCUT2D eigenvalue weighted by atomic mass is 10.3. The molecule has 0 amide bonds. The van der Waals surface area contributed by atoms with Crippen LogP contribution in [0.15, 0.2) is 17.2 Å². The highest BCUT2D eigenvalue weighted by Crippen LogP contribution is 2.25. The fourth-order valence-electron chi connectivity index (χ4n) is 0.943. The first-order valence-electron chi connectivity index (χ1n) is 3.90. The van der Waals surface area contributed by atoms with Crippen LogP contribution in [0, 0.1) is 0 Å². The highest BCUT2D eigenvalue weighted by atomic mass is 32.1. The Bertz CT molecular complexity index is 299. The maximum atomic E-state index is 8.22. The number of hydrogen-bond acceptors (Lipinski definition) is 2. The molecule has 4 heteroatoms. The molecule has 12 heavy (non-hydrogen) atoms. The molecule has 0 radical (unpaired) electrons. The van der Waals surface area contributed by atoms with Crippen LogP contribution < -0.4 is 0 Å². The minimum Gasteiger partial charge on any atom is -0.145 e. The molecule has 0 saturated carbocycles. The van der Waals surface area contributed by atoms with E-state index in [0.717, 1.165) is 11.3 Å². The molecule has 64 valence electrons. The smallest absolute Gasteiger partial charge is 0.0690 e. The van der Waals surface area contributed by atoms with E-state index in [2.05, 4.69) is 23.0 Å². The zero-order valence-electron chi connectivity index (χ0n) is 7.19. The predicted octanol–water partition coefficient (Wildman–Crippen LogP) is 3.68. The van der Waals surface area contributed by atoms with Gasteiger partial charge in [0.15, 0.2) is 0 Å². The van der Waals surface area contributed by atoms with Gasteiger partial charge in [-0.05, 0) is 24.1 Å². The van der Waals surface area contributed by atoms with Crippen molar-refractivity contribution in [2.45, 2.75) is 26.3 Å². The van der Waals surface area contributed by atoms with E-state index >= 15 is 0 Å². The molecule has 0 spiro atoms. The zero-order chi connectivity index (χ0) is 8.97. The SMILES string of the molecule is CCc1ccc(C(C)N=[N+]=[N-])s1. The standard InChI is InChI=1S/C8H11N3S/c1-3-7-4-5-8(12-7)6(2)10-11-9/h4-6H,3H2,1-2H3. The van der Waals surface area contributed by atoms with Crippen molar-refractivity contribution in [3.05, 3.63) is 32.3 Å². The minimum absolute atomic E-state index is 0.0275. The van der Waals surface area contributed by atoms with E-state index < -0.39 is 0 Å². The number of rotatable bonds is 3. The van der Waals surface area contributed by atoms with Crippen molar-refractivity contribution in [1.82, 2.24) is 0 Å². The van der Waals surface area contributed by atoms with Crippen molar-refractivity contribution in [2.75, 3.05) is 0 Å². The molecule has 1 heterocycles. The van der Waals surface area contributed by atoms with Crippen LogP contribution in [-0.2, 0) is 6.42 Å². The van der Waals surface area contributed by atoms with Crippen LogP contribution in [0.5, 0.6) is 0 Å². The fourth-order valence-corrected chi connectivity index (χ4v) is 1.88. The first-order chi connectivity index (χ1) is 5.77. The van der Waals surface area contributed by atoms with Gasteiger partial charge in [-0.1, -0.05) is 19.0 Å². The molecule has 0 N–H and O–H groups in total. The van der Waals surface area contributed by atoms with Crippen LogP contribution in [0.25, 0.3) is 10.4 Å². The Hall–Kier alpha value is -0.990. The quantitative estimate of drug-likeness (QED) is 0.388. The van der Waals surface area contributed by atoms with Crippen LogP contribution in [0.3, 0.4) is 0 Å². The van der Waals surface area contributed by atoms with Crippen LogP contribution in [0.1, 0.15) is 29.6 Å². The first-order valence-corrected chi connectivity index (χ1v) is 4.72. The van der Waals surface area contributed by atoms with Crippen LogP contribution in [-0.4, -0.2) is 0 Å². The normalized spacial score (nSPS) is 12.2. The van der Waals surface area contributed by atoms with Gasteiger partial charge in [-0.3, -0.25) is 0 Å². The van der Waals surface area contributed by atoms with Crippen molar-refractivity contribution in [3.8, 4) is 0 Å². The monoisotopic (exact) mass is 181 g/mol. The Labute approximate surface area is 75.7 Å². The van der Waals surface area contributed by atoms with Crippen LogP contribution in [0.2, 0.25) is 0 Å². The topological polar surface area (TPSA) is 48.8 Å². The minimum atomic E-state index is -0.0275. The maximum absolute atomic E-state index is 8.22. The van der Waals surface area contributed by atoms with Gasteiger partial charge in [-0.2, -0.15) is 0 Å². The number of azide groups is 1. The van der Waals surface area contributed by atoms with Gasteiger partial charge in [0, 0.05) is 14.7 Å². The summed E-state index contributed by atoms with van der Waals surface area (Å²) in [4.78, 5) is 5.26. The third kappa shape index (κ3) is 2.00. The molecule has 1 rings (SSSR count). The molecular formula is C8H11N3S. The molecule has 1 unspecified atom stereocenters. The summed E-state index contributed by atoms with van der Waals surface area (Å²) >= 11 is 1.72. The maximum Gasteiger partial charge on any atom is 0.0690 e. The number of hydrogen-bond donors (Lipinski definition) is 0. The Morgan fingerprint density at radius 3 is 2.92 bits per heavy atom. The molecule has 3 nitrogen and oxygen atoms in total. The molecule has 0 saturated heterocycles. The molecule has 0 aromatic carbocycles. The summed E-state index contributed by atoms with van der Waals surface area (Å²) in [7, 11) is 0. The lowest BCUT2D eigenvalue weighted by Gasteiger charge is -1.97. The first kappa shape index (κ1) is 9.10. The van der Waals surface area contributed by atoms with Crippen molar-refractivity contribution in [1.29, 1.82) is 0 Å². The van der Waals surface area contributed by atoms with E-state index in [1.54, 1.807) is 11.3 Å². The highest BCUT2D eigenvalue weighted by Gasteiger charge is 2.04. The fraction of sp³-hybridized carbons (Fsp3) is 0.500. The Morgan fingerprint density at radius 2 is 2.42 bits per heavy atom. The van der Waals surface area contributed by atoms with Crippen molar-refractivity contribution in [3.63, 3.8) is 0 Å². The number of nitrogens with zero attached hydrogens (tertiary/aromatic N) is 3. The van der Waals surface area contributed by atoms with E-state index in [9.17, 15) is 0 Å². The van der Waals surface area contributed by atoms with Crippen molar-refractivity contribution < 1.29 is 0 Å². The second-order valence-corrected chi connectivity index (χ2v) is 3.74. The molecule has 0 aliphatic rings. The Balaban J connectivity index is 2.81. The lowest BCUT2D eigenvalue weighted by molar-refractivity contribution is 0.827. The average Bonchev–Trinajstić information content (AvgIpc) is 2.52. The second-order valence-electron chi connectivity index (χ2n) is 2.54. The summed E-state index contributed by atoms with van der Waals surface area (Å²) in [5.74, 6) is 0. The van der Waals surface area contributed by atoms with Gasteiger partial charge >= 0.3 is 0 Å². The molecule has 0 bridgehead atoms. The van der Waals surface area contributed by atoms with E-state index in [0.29, 0.717) is 0 Å². The lowest BCUT2D eigenvalue weighted by Crippen LogP contribution is -1.80. The zero-order valence-corrected chi connectivity index (χ0v) is 8.01. The highest BCUT2D eigenvalue weighted by molar-refractivity contribution is 7.12. The Kier molecular flexibility index (Phi) is 3.14. The summed E-state index contributed by atoms with van der Waals surface area (Å²) in [5, 5.41) is 3.63. The number of thiophene rings is 1. The van der Waals surface area contributed by atoms with Gasteiger partial charge in [0.05, 0.1) is 6.04 Å². The Morgan fingerprint density at radius 1 is 1.67 bits per heavy atom. The predicted molar refractivity (Wildman–Crippen MR) is 51.3 cm³/mol. The third-order valence-corrected chi connectivity index (χ3v) is 3.07. The number of aryl methyl sites for hydroxylation is 1. The van der Waals surface area contributed by atoms with Crippen molar-refractivity contribution in [2.24, 2.45) is 5.11 Å². The molecule has 1 aromatic rings. The van der Waals surface area contributed by atoms with E-state index in [4.69, 9.17) is 5.53 Å². The van der Waals surface area contributed by atoms with Gasteiger partial charge < -0.3 is 0 Å². The van der Waals surface area contributed by atoms with E-state index in [1.165, 1.54) is 4.88 Å². The summed E-state index contributed by atoms with van der Waals surface area (Å²) < 4.78 is 0. The van der Waals surface area contributed by atoms with Gasteiger partial charge in [-0.25, -0.2) is 0 Å². The molecular weight excluding hydrogens is 170 g/mol. The van der Waals surface area contributed by atoms with Gasteiger partial charge in [0.1, 0.15) is 0 Å². The molecule has 0 fully saturated rings. The summed E-state index contributed by atoms with van der Waals surface area (Å²) in [6.45, 7) is 4.03. The average molecular weight is 181 g/mol. The molecule has 0 aliphatic carbocycles. The third-order valence-electron chi connectivity index (χ3n) is 1.67. The van der Waals surface area contributed by atoms with E-state index in [-0.39, 0.29) is 6.04 Å². The van der Waals surface area contributed by atoms with Gasteiger partial charge in [-0.15, -0.1) is 11.3 Å². The molecule has 1 aromatic heterocycles. The van der Waals surface area contributed by atoms with Gasteiger partial charge in [0.25, 0.3) is 0 Å². The van der Waals surface area contributed by atoms with Crippen LogP contribution in [0.4, 0.5) is 0 Å². The van der Waals surface area contributed by atoms with Crippen molar-refractivity contribution >= 4 is 11.3 Å². The molecule has 1 atom stereocenters. The second kappa shape index (κ2) is 4.14. The summed E-state index contributed by atoms with van der Waals surface area (Å²) in [6, 6.07) is 4.09. The largest absolute Gasteiger partial charge is 0.145 e. The van der Waals surface area contributed by atoms with E-state index in [1.807, 2.05) is 13.0 Å².